The lowest BCUT2D eigenvalue weighted by atomic mass is 9.96. The Morgan fingerprint density at radius 1 is 1.16 bits per heavy atom. The van der Waals surface area contributed by atoms with Gasteiger partial charge >= 0.3 is 5.97 Å². The summed E-state index contributed by atoms with van der Waals surface area (Å²) in [5, 5.41) is 0. The molecule has 2 amide bonds. The first-order valence-electron chi connectivity index (χ1n) is 10.5. The Balaban J connectivity index is 1.48. The van der Waals surface area contributed by atoms with Crippen molar-refractivity contribution in [3.05, 3.63) is 51.7 Å². The van der Waals surface area contributed by atoms with E-state index in [0.29, 0.717) is 16.1 Å². The summed E-state index contributed by atoms with van der Waals surface area (Å²) in [7, 11) is 0. The van der Waals surface area contributed by atoms with Gasteiger partial charge in [0.15, 0.2) is 6.61 Å². The summed E-state index contributed by atoms with van der Waals surface area (Å²) in [4.78, 5) is 56.9. The predicted molar refractivity (Wildman–Crippen MR) is 114 cm³/mol. The molecule has 1 unspecified atom stereocenters. The van der Waals surface area contributed by atoms with Gasteiger partial charge in [0, 0.05) is 23.8 Å². The number of aryl methyl sites for hydroxylation is 1. The molecule has 1 saturated heterocycles. The number of benzene rings is 1. The maximum Gasteiger partial charge on any atom is 0.354 e. The van der Waals surface area contributed by atoms with E-state index in [2.05, 4.69) is 0 Å². The van der Waals surface area contributed by atoms with Crippen LogP contribution >= 0.6 is 11.3 Å². The summed E-state index contributed by atoms with van der Waals surface area (Å²) in [5.74, 6) is -1.49. The molecule has 1 atom stereocenters. The van der Waals surface area contributed by atoms with E-state index >= 15 is 0 Å². The lowest BCUT2D eigenvalue weighted by molar-refractivity contribution is -0.156. The number of ketones is 1. The number of amides is 2. The van der Waals surface area contributed by atoms with Crippen LogP contribution in [0.25, 0.3) is 0 Å². The summed E-state index contributed by atoms with van der Waals surface area (Å²) in [6.07, 6.45) is 2.68. The number of nitrogens with zero attached hydrogens (tertiary/aromatic N) is 2. The highest BCUT2D eigenvalue weighted by Gasteiger charge is 2.64. The van der Waals surface area contributed by atoms with Gasteiger partial charge in [-0.25, -0.2) is 4.79 Å². The molecule has 2 aliphatic heterocycles. The number of Topliss-reactive ketones (excluding diaryl/α,β-unsaturated/α-hetero) is 1. The minimum absolute atomic E-state index is 0.109. The minimum Gasteiger partial charge on any atom is -0.454 e. The molecule has 0 bridgehead atoms. The molecule has 1 aromatic heterocycles. The number of esters is 1. The second-order valence-electron chi connectivity index (χ2n) is 8.09. The largest absolute Gasteiger partial charge is 0.454 e. The van der Waals surface area contributed by atoms with E-state index in [9.17, 15) is 19.2 Å². The van der Waals surface area contributed by atoms with Gasteiger partial charge in [-0.15, -0.1) is 11.3 Å². The minimum atomic E-state index is -1.52. The Hall–Kier alpha value is -3.00. The van der Waals surface area contributed by atoms with Crippen molar-refractivity contribution in [2.75, 3.05) is 11.5 Å². The maximum atomic E-state index is 13.5. The molecule has 1 aromatic carbocycles. The van der Waals surface area contributed by atoms with Crippen molar-refractivity contribution in [3.8, 4) is 0 Å². The van der Waals surface area contributed by atoms with Crippen molar-refractivity contribution in [2.45, 2.75) is 50.7 Å². The lowest BCUT2D eigenvalue weighted by Gasteiger charge is -2.48. The Bertz CT molecular complexity index is 1100. The van der Waals surface area contributed by atoms with Crippen LogP contribution in [0, 0.1) is 0 Å². The van der Waals surface area contributed by atoms with Crippen molar-refractivity contribution in [3.63, 3.8) is 0 Å². The number of fused-ring (bicyclic) bond motifs is 3. The number of anilines is 1. The van der Waals surface area contributed by atoms with Crippen molar-refractivity contribution < 1.29 is 23.9 Å². The number of carbonyl (C=O) groups excluding carboxylic acids is 4. The molecule has 0 spiro atoms. The van der Waals surface area contributed by atoms with Gasteiger partial charge in [0.2, 0.25) is 17.4 Å². The predicted octanol–water partition coefficient (Wildman–Crippen LogP) is 3.18. The van der Waals surface area contributed by atoms with Gasteiger partial charge in [-0.05, 0) is 43.5 Å². The molecule has 5 rings (SSSR count). The fourth-order valence-corrected chi connectivity index (χ4v) is 5.42. The van der Waals surface area contributed by atoms with Crippen LogP contribution in [0.4, 0.5) is 5.69 Å². The molecule has 1 saturated carbocycles. The van der Waals surface area contributed by atoms with Crippen molar-refractivity contribution >= 4 is 40.6 Å². The van der Waals surface area contributed by atoms with Crippen LogP contribution in [0.15, 0.2) is 36.4 Å². The van der Waals surface area contributed by atoms with E-state index in [0.717, 1.165) is 24.1 Å². The van der Waals surface area contributed by atoms with Crippen LogP contribution in [0.2, 0.25) is 0 Å². The van der Waals surface area contributed by atoms with Gasteiger partial charge in [0.05, 0.1) is 16.1 Å². The Kier molecular flexibility index (Phi) is 4.69. The van der Waals surface area contributed by atoms with Crippen LogP contribution in [0.5, 0.6) is 0 Å². The van der Waals surface area contributed by atoms with E-state index in [1.807, 2.05) is 13.0 Å². The summed E-state index contributed by atoms with van der Waals surface area (Å²) >= 11 is 1.38. The Labute approximate surface area is 183 Å². The Morgan fingerprint density at radius 3 is 2.65 bits per heavy atom. The molecule has 31 heavy (non-hydrogen) atoms. The maximum absolute atomic E-state index is 13.5. The van der Waals surface area contributed by atoms with Crippen molar-refractivity contribution in [1.82, 2.24) is 4.90 Å². The number of thiophene rings is 1. The molecule has 0 N–H and O–H groups in total. The molecule has 160 valence electrons. The molecule has 2 aromatic rings. The zero-order chi connectivity index (χ0) is 21.8. The number of hydrogen-bond donors (Lipinski definition) is 0. The molecular formula is C23H22N2O5S. The molecule has 8 heteroatoms. The average molecular weight is 439 g/mol. The summed E-state index contributed by atoms with van der Waals surface area (Å²) in [6.45, 7) is 1.59. The average Bonchev–Trinajstić information content (AvgIpc) is 3.37. The van der Waals surface area contributed by atoms with Gasteiger partial charge in [0.25, 0.3) is 5.91 Å². The number of ether oxygens (including phenoxy) is 1. The van der Waals surface area contributed by atoms with Crippen LogP contribution in [0.1, 0.15) is 57.5 Å². The van der Waals surface area contributed by atoms with Crippen LogP contribution in [-0.4, -0.2) is 46.8 Å². The van der Waals surface area contributed by atoms with Gasteiger partial charge in [-0.2, -0.15) is 0 Å². The first-order valence-corrected chi connectivity index (χ1v) is 11.3. The van der Waals surface area contributed by atoms with Crippen LogP contribution < -0.4 is 4.90 Å². The normalized spacial score (nSPS) is 22.4. The first kappa shape index (κ1) is 19.9. The zero-order valence-electron chi connectivity index (χ0n) is 17.1. The highest BCUT2D eigenvalue weighted by atomic mass is 32.1. The van der Waals surface area contributed by atoms with E-state index in [4.69, 9.17) is 4.74 Å². The van der Waals surface area contributed by atoms with Gasteiger partial charge in [-0.1, -0.05) is 19.1 Å². The fraction of sp³-hybridized carbons (Fsp3) is 0.391. The summed E-state index contributed by atoms with van der Waals surface area (Å²) in [5.41, 5.74) is -0.676. The molecule has 3 aliphatic rings. The smallest absolute Gasteiger partial charge is 0.354 e. The molecule has 0 radical (unpaired) electrons. The van der Waals surface area contributed by atoms with E-state index < -0.39 is 18.2 Å². The van der Waals surface area contributed by atoms with Crippen LogP contribution in [0.3, 0.4) is 0 Å². The van der Waals surface area contributed by atoms with E-state index in [1.54, 1.807) is 30.3 Å². The van der Waals surface area contributed by atoms with E-state index in [1.165, 1.54) is 21.1 Å². The Morgan fingerprint density at radius 2 is 1.94 bits per heavy atom. The highest BCUT2D eigenvalue weighted by molar-refractivity contribution is 7.14. The second kappa shape index (κ2) is 7.30. The number of para-hydroxylation sites is 1. The standard InChI is InChI=1S/C23H22N2O5S/c1-2-15-9-10-19(31-15)18(26)13-30-22(29)23-12-11-20(27)25(23)17-6-4-3-5-16(17)21(28)24(23)14-7-8-14/h3-6,9-10,14H,2,7-8,11-13H2,1H3. The summed E-state index contributed by atoms with van der Waals surface area (Å²) in [6, 6.07) is 10.4. The fourth-order valence-electron chi connectivity index (χ4n) is 4.55. The molecule has 3 heterocycles. The highest BCUT2D eigenvalue weighted by Crippen LogP contribution is 2.49. The third-order valence-electron chi connectivity index (χ3n) is 6.16. The quantitative estimate of drug-likeness (QED) is 0.511. The second-order valence-corrected chi connectivity index (χ2v) is 9.26. The topological polar surface area (TPSA) is 84.0 Å². The number of hydrogen-bond acceptors (Lipinski definition) is 6. The number of carbonyl (C=O) groups is 4. The monoisotopic (exact) mass is 438 g/mol. The van der Waals surface area contributed by atoms with Gasteiger partial charge in [0.1, 0.15) is 0 Å². The molecule has 2 fully saturated rings. The number of rotatable bonds is 6. The zero-order valence-corrected chi connectivity index (χ0v) is 17.9. The SMILES string of the molecule is CCc1ccc(C(=O)COC(=O)C23CCC(=O)N2c2ccccc2C(=O)N3C2CC2)s1. The van der Waals surface area contributed by atoms with Gasteiger partial charge in [-0.3, -0.25) is 19.3 Å². The van der Waals surface area contributed by atoms with Crippen molar-refractivity contribution in [1.29, 1.82) is 0 Å². The molecule has 7 nitrogen and oxygen atoms in total. The third kappa shape index (κ3) is 3.00. The summed E-state index contributed by atoms with van der Waals surface area (Å²) < 4.78 is 5.50. The third-order valence-corrected chi connectivity index (χ3v) is 7.43. The van der Waals surface area contributed by atoms with Crippen molar-refractivity contribution in [2.24, 2.45) is 0 Å². The molecular weight excluding hydrogens is 416 g/mol. The lowest BCUT2D eigenvalue weighted by Crippen LogP contribution is -2.69. The van der Waals surface area contributed by atoms with Crippen LogP contribution in [-0.2, 0) is 20.7 Å². The molecule has 1 aliphatic carbocycles. The van der Waals surface area contributed by atoms with E-state index in [-0.39, 0.29) is 36.5 Å². The van der Waals surface area contributed by atoms with Gasteiger partial charge < -0.3 is 9.64 Å². The first-order chi connectivity index (χ1) is 15.0.